The molecule has 6 nitrogen and oxygen atoms in total. The fourth-order valence-electron chi connectivity index (χ4n) is 4.75. The lowest BCUT2D eigenvalue weighted by Crippen LogP contribution is -2.28. The van der Waals surface area contributed by atoms with Crippen molar-refractivity contribution in [1.29, 1.82) is 5.41 Å². The van der Waals surface area contributed by atoms with Crippen LogP contribution in [0, 0.1) is 5.41 Å². The van der Waals surface area contributed by atoms with Gasteiger partial charge in [-0.3, -0.25) is 10.2 Å². The van der Waals surface area contributed by atoms with Gasteiger partial charge >= 0.3 is 0 Å². The molecule has 0 saturated heterocycles. The summed E-state index contributed by atoms with van der Waals surface area (Å²) in [7, 11) is 0. The number of carbonyl (C=O) groups excluding carboxylic acids is 1. The highest BCUT2D eigenvalue weighted by Crippen LogP contribution is 2.40. The molecule has 0 aliphatic heterocycles. The van der Waals surface area contributed by atoms with Crippen molar-refractivity contribution >= 4 is 16.8 Å². The molecule has 1 heterocycles. The lowest BCUT2D eigenvalue weighted by atomic mass is 9.78. The van der Waals surface area contributed by atoms with Gasteiger partial charge in [-0.05, 0) is 46.2 Å². The van der Waals surface area contributed by atoms with Crippen molar-refractivity contribution in [3.05, 3.63) is 94.1 Å². The second-order valence-corrected chi connectivity index (χ2v) is 11.8. The van der Waals surface area contributed by atoms with E-state index < -0.39 is 0 Å². The van der Waals surface area contributed by atoms with Gasteiger partial charge in [-0.2, -0.15) is 0 Å². The number of hydrogen-bond donors (Lipinski definition) is 3. The number of fused-ring (bicyclic) bond motifs is 1. The Bertz CT molecular complexity index is 1480. The average Bonchev–Trinajstić information content (AvgIpc) is 3.09. The van der Waals surface area contributed by atoms with Gasteiger partial charge in [0.1, 0.15) is 5.75 Å². The lowest BCUT2D eigenvalue weighted by molar-refractivity contribution is 0.0971. The summed E-state index contributed by atoms with van der Waals surface area (Å²) < 4.78 is 3.70. The summed E-state index contributed by atoms with van der Waals surface area (Å²) in [5, 5.41) is 20.1. The minimum atomic E-state index is -0.330. The van der Waals surface area contributed by atoms with E-state index in [1.54, 1.807) is 4.57 Å². The van der Waals surface area contributed by atoms with E-state index in [1.807, 2.05) is 107 Å². The normalized spacial score (nSPS) is 12.3. The number of aromatic hydroxyl groups is 1. The van der Waals surface area contributed by atoms with Crippen LogP contribution in [0.4, 0.5) is 0 Å². The first-order valence-electron chi connectivity index (χ1n) is 12.7. The number of para-hydroxylation sites is 2. The zero-order valence-electron chi connectivity index (χ0n) is 22.7. The van der Waals surface area contributed by atoms with Crippen LogP contribution < -0.4 is 11.4 Å². The number of aromatic nitrogens is 2. The number of Topliss-reactive ketones (excluding diaryl/α,β-unsaturated/α-hetero) is 1. The molecule has 0 bridgehead atoms. The molecule has 4 rings (SSSR count). The molecule has 0 fully saturated rings. The molecule has 1 aromatic heterocycles. The van der Waals surface area contributed by atoms with Crippen LogP contribution in [0.5, 0.6) is 5.75 Å². The number of nitrogens with zero attached hydrogens (tertiary/aromatic N) is 2. The molecule has 0 spiro atoms. The first kappa shape index (κ1) is 26.4. The summed E-state index contributed by atoms with van der Waals surface area (Å²) in [6, 6.07) is 19.5. The molecule has 0 atom stereocenters. The standard InChI is InChI=1S/C31H38N4O2/c1-30(2,3)23-15-22(16-24(28(23)37)31(4,5)6)27(36)19-35-26-10-8-7-9-25(26)34(29(35)33)18-21-13-11-20(17-32)12-14-21/h7-16,33,37H,17-19,32H2,1-6H3. The first-order chi connectivity index (χ1) is 17.3. The number of imidazole rings is 1. The second kappa shape index (κ2) is 9.67. The number of rotatable bonds is 6. The van der Waals surface area contributed by atoms with Gasteiger partial charge < -0.3 is 20.0 Å². The van der Waals surface area contributed by atoms with Crippen LogP contribution in [0.25, 0.3) is 11.0 Å². The van der Waals surface area contributed by atoms with Crippen molar-refractivity contribution in [2.75, 3.05) is 0 Å². The summed E-state index contributed by atoms with van der Waals surface area (Å²) in [5.41, 5.74) is 11.3. The molecule has 0 aliphatic rings. The van der Waals surface area contributed by atoms with E-state index in [2.05, 4.69) is 0 Å². The molecule has 0 amide bonds. The van der Waals surface area contributed by atoms with Crippen molar-refractivity contribution in [3.63, 3.8) is 0 Å². The number of nitrogens with two attached hydrogens (primary N) is 1. The minimum absolute atomic E-state index is 0.0381. The molecule has 194 valence electrons. The van der Waals surface area contributed by atoms with E-state index in [-0.39, 0.29) is 34.5 Å². The Kier molecular flexibility index (Phi) is 6.91. The number of phenols is 1. The molecule has 0 aliphatic carbocycles. The molecule has 0 saturated carbocycles. The van der Waals surface area contributed by atoms with Gasteiger partial charge in [-0.15, -0.1) is 0 Å². The first-order valence-corrected chi connectivity index (χ1v) is 12.7. The van der Waals surface area contributed by atoms with E-state index in [0.29, 0.717) is 18.7 Å². The number of nitrogens with one attached hydrogen (secondary N) is 1. The van der Waals surface area contributed by atoms with E-state index in [1.165, 1.54) is 0 Å². The number of carbonyl (C=O) groups is 1. The number of ketones is 1. The monoisotopic (exact) mass is 498 g/mol. The highest BCUT2D eigenvalue weighted by atomic mass is 16.3. The maximum atomic E-state index is 13.7. The van der Waals surface area contributed by atoms with Crippen LogP contribution in [0.15, 0.2) is 60.7 Å². The zero-order chi connectivity index (χ0) is 27.1. The Morgan fingerprint density at radius 1 is 0.838 bits per heavy atom. The van der Waals surface area contributed by atoms with Gasteiger partial charge in [-0.25, -0.2) is 0 Å². The molecule has 4 N–H and O–H groups in total. The summed E-state index contributed by atoms with van der Waals surface area (Å²) >= 11 is 0. The third-order valence-corrected chi connectivity index (χ3v) is 6.92. The Labute approximate surface area is 218 Å². The van der Waals surface area contributed by atoms with Gasteiger partial charge in [0.25, 0.3) is 0 Å². The van der Waals surface area contributed by atoms with Gasteiger partial charge in [0.05, 0.1) is 24.1 Å². The van der Waals surface area contributed by atoms with Crippen molar-refractivity contribution in [2.45, 2.75) is 72.0 Å². The lowest BCUT2D eigenvalue weighted by Gasteiger charge is -2.28. The van der Waals surface area contributed by atoms with E-state index in [4.69, 9.17) is 11.1 Å². The molecule has 3 aromatic carbocycles. The summed E-state index contributed by atoms with van der Waals surface area (Å²) in [6.07, 6.45) is 0. The second-order valence-electron chi connectivity index (χ2n) is 11.8. The molecular formula is C31H38N4O2. The Hall–Kier alpha value is -3.64. The van der Waals surface area contributed by atoms with E-state index in [9.17, 15) is 9.90 Å². The van der Waals surface area contributed by atoms with Crippen LogP contribution in [0.3, 0.4) is 0 Å². The van der Waals surface area contributed by atoms with E-state index >= 15 is 0 Å². The smallest absolute Gasteiger partial charge is 0.203 e. The zero-order valence-corrected chi connectivity index (χ0v) is 22.7. The molecule has 4 aromatic rings. The quantitative estimate of drug-likeness (QED) is 0.301. The third kappa shape index (κ3) is 5.25. The molecule has 0 unspecified atom stereocenters. The minimum Gasteiger partial charge on any atom is -0.507 e. The van der Waals surface area contributed by atoms with Crippen molar-refractivity contribution in [3.8, 4) is 5.75 Å². The fourth-order valence-corrected chi connectivity index (χ4v) is 4.75. The van der Waals surface area contributed by atoms with Gasteiger partial charge in [-0.1, -0.05) is 77.9 Å². The largest absolute Gasteiger partial charge is 0.507 e. The summed E-state index contributed by atoms with van der Waals surface area (Å²) in [5.74, 6) is 0.160. The van der Waals surface area contributed by atoms with Crippen LogP contribution >= 0.6 is 0 Å². The molecule has 0 radical (unpaired) electrons. The van der Waals surface area contributed by atoms with Gasteiger partial charge in [0.15, 0.2) is 5.78 Å². The van der Waals surface area contributed by atoms with Crippen LogP contribution in [0.1, 0.15) is 74.2 Å². The van der Waals surface area contributed by atoms with Crippen molar-refractivity contribution in [1.82, 2.24) is 9.13 Å². The molecule has 6 heteroatoms. The summed E-state index contributed by atoms with van der Waals surface area (Å²) in [4.78, 5) is 13.7. The van der Waals surface area contributed by atoms with Crippen LogP contribution in [-0.4, -0.2) is 20.0 Å². The van der Waals surface area contributed by atoms with E-state index in [0.717, 1.165) is 33.3 Å². The maximum absolute atomic E-state index is 13.7. The Morgan fingerprint density at radius 2 is 1.32 bits per heavy atom. The van der Waals surface area contributed by atoms with Crippen LogP contribution in [-0.2, 0) is 30.5 Å². The third-order valence-electron chi connectivity index (χ3n) is 6.92. The Balaban J connectivity index is 1.77. The predicted octanol–water partition coefficient (Wildman–Crippen LogP) is 5.61. The highest BCUT2D eigenvalue weighted by Gasteiger charge is 2.28. The Morgan fingerprint density at radius 3 is 1.81 bits per heavy atom. The topological polar surface area (TPSA) is 97.0 Å². The van der Waals surface area contributed by atoms with Crippen molar-refractivity contribution < 1.29 is 9.90 Å². The fraction of sp³-hybridized carbons (Fsp3) is 0.355. The average molecular weight is 499 g/mol. The number of phenolic OH excluding ortho intramolecular Hbond substituents is 1. The van der Waals surface area contributed by atoms with Crippen LogP contribution in [0.2, 0.25) is 0 Å². The predicted molar refractivity (Wildman–Crippen MR) is 149 cm³/mol. The van der Waals surface area contributed by atoms with Gasteiger partial charge in [0.2, 0.25) is 5.62 Å². The van der Waals surface area contributed by atoms with Gasteiger partial charge in [0, 0.05) is 23.2 Å². The highest BCUT2D eigenvalue weighted by molar-refractivity contribution is 5.97. The number of hydrogen-bond acceptors (Lipinski definition) is 4. The number of benzene rings is 3. The summed E-state index contributed by atoms with van der Waals surface area (Å²) in [6.45, 7) is 13.3. The SMILES string of the molecule is CC(C)(C)c1cc(C(=O)Cn2c(=N)n(Cc3ccc(CN)cc3)c3ccccc32)cc(C(C)(C)C)c1O. The maximum Gasteiger partial charge on any atom is 0.203 e. The molecule has 37 heavy (non-hydrogen) atoms. The van der Waals surface area contributed by atoms with Crippen molar-refractivity contribution in [2.24, 2.45) is 5.73 Å². The molecular weight excluding hydrogens is 460 g/mol.